The minimum Gasteiger partial charge on any atom is -0.313 e. The summed E-state index contributed by atoms with van der Waals surface area (Å²) in [5, 5.41) is 3.27. The number of sulfonamides is 1. The van der Waals surface area contributed by atoms with Crippen LogP contribution < -0.4 is 10.0 Å². The third-order valence-corrected chi connectivity index (χ3v) is 5.64. The first-order valence-electron chi connectivity index (χ1n) is 6.95. The molecule has 1 fully saturated rings. The van der Waals surface area contributed by atoms with Crippen LogP contribution in [0.1, 0.15) is 37.8 Å². The second-order valence-electron chi connectivity index (χ2n) is 5.32. The Bertz CT molecular complexity index is 525. The predicted molar refractivity (Wildman–Crippen MR) is 85.1 cm³/mol. The van der Waals surface area contributed by atoms with Crippen LogP contribution in [0.25, 0.3) is 0 Å². The Labute approximate surface area is 129 Å². The van der Waals surface area contributed by atoms with Crippen molar-refractivity contribution in [3.05, 3.63) is 34.3 Å². The molecule has 1 aliphatic rings. The van der Waals surface area contributed by atoms with Gasteiger partial charge in [-0.15, -0.1) is 0 Å². The molecule has 0 spiro atoms. The summed E-state index contributed by atoms with van der Waals surface area (Å²) in [5.41, 5.74) is 0.966. The zero-order chi connectivity index (χ0) is 14.6. The molecule has 0 saturated carbocycles. The second kappa shape index (κ2) is 7.02. The molecule has 0 aliphatic carbocycles. The molecule has 1 heterocycles. The van der Waals surface area contributed by atoms with Crippen molar-refractivity contribution in [3.63, 3.8) is 0 Å². The third-order valence-electron chi connectivity index (χ3n) is 3.56. The Balaban J connectivity index is 1.94. The van der Waals surface area contributed by atoms with Gasteiger partial charge in [0, 0.05) is 16.6 Å². The van der Waals surface area contributed by atoms with E-state index in [9.17, 15) is 8.42 Å². The van der Waals surface area contributed by atoms with Crippen molar-refractivity contribution < 1.29 is 8.42 Å². The fourth-order valence-electron chi connectivity index (χ4n) is 2.47. The van der Waals surface area contributed by atoms with Crippen LogP contribution in [0.5, 0.6) is 0 Å². The highest BCUT2D eigenvalue weighted by Gasteiger charge is 2.22. The molecule has 1 saturated heterocycles. The Kier molecular flexibility index (Phi) is 5.60. The topological polar surface area (TPSA) is 58.2 Å². The lowest BCUT2D eigenvalue weighted by molar-refractivity contribution is 0.421. The summed E-state index contributed by atoms with van der Waals surface area (Å²) in [6.45, 7) is 2.79. The Morgan fingerprint density at radius 2 is 2.05 bits per heavy atom. The lowest BCUT2D eigenvalue weighted by Crippen LogP contribution is -2.43. The number of hydrogen-bond acceptors (Lipinski definition) is 3. The number of halogens is 1. The minimum atomic E-state index is -3.26. The molecular formula is C14H21BrN2O2S. The van der Waals surface area contributed by atoms with Crippen LogP contribution in [0.2, 0.25) is 0 Å². The summed E-state index contributed by atoms with van der Waals surface area (Å²) < 4.78 is 28.1. The van der Waals surface area contributed by atoms with Crippen molar-refractivity contribution >= 4 is 26.0 Å². The van der Waals surface area contributed by atoms with Crippen molar-refractivity contribution in [1.29, 1.82) is 0 Å². The molecule has 20 heavy (non-hydrogen) atoms. The van der Waals surface area contributed by atoms with E-state index in [1.165, 1.54) is 0 Å². The van der Waals surface area contributed by atoms with Gasteiger partial charge in [0.1, 0.15) is 0 Å². The van der Waals surface area contributed by atoms with Gasteiger partial charge in [-0.1, -0.05) is 34.5 Å². The molecule has 2 rings (SSSR count). The molecule has 0 aromatic heterocycles. The largest absolute Gasteiger partial charge is 0.313 e. The molecule has 2 unspecified atom stereocenters. The fourth-order valence-corrected chi connectivity index (χ4v) is 4.32. The number of piperidine rings is 1. The molecular weight excluding hydrogens is 340 g/mol. The highest BCUT2D eigenvalue weighted by atomic mass is 79.9. The van der Waals surface area contributed by atoms with Gasteiger partial charge in [-0.25, -0.2) is 13.1 Å². The molecule has 2 atom stereocenters. The van der Waals surface area contributed by atoms with Gasteiger partial charge >= 0.3 is 0 Å². The van der Waals surface area contributed by atoms with Crippen molar-refractivity contribution in [2.75, 3.05) is 12.3 Å². The van der Waals surface area contributed by atoms with Crippen molar-refractivity contribution in [3.8, 4) is 0 Å². The lowest BCUT2D eigenvalue weighted by Gasteiger charge is -2.24. The Hall–Kier alpha value is -0.430. The van der Waals surface area contributed by atoms with Gasteiger partial charge < -0.3 is 5.32 Å². The van der Waals surface area contributed by atoms with Crippen molar-refractivity contribution in [2.45, 2.75) is 38.3 Å². The first kappa shape index (κ1) is 15.9. The van der Waals surface area contributed by atoms with E-state index in [-0.39, 0.29) is 17.8 Å². The van der Waals surface area contributed by atoms with Crippen molar-refractivity contribution in [2.24, 2.45) is 0 Å². The first-order valence-corrected chi connectivity index (χ1v) is 9.40. The van der Waals surface area contributed by atoms with E-state index in [4.69, 9.17) is 0 Å². The van der Waals surface area contributed by atoms with E-state index in [2.05, 4.69) is 26.0 Å². The molecule has 2 N–H and O–H groups in total. The SMILES string of the molecule is CC(NS(=O)(=O)CC1CCCCN1)c1ccc(Br)cc1. The van der Waals surface area contributed by atoms with E-state index in [1.54, 1.807) is 0 Å². The maximum atomic E-state index is 12.2. The molecule has 0 radical (unpaired) electrons. The summed E-state index contributed by atoms with van der Waals surface area (Å²) in [6.07, 6.45) is 3.18. The van der Waals surface area contributed by atoms with Crippen LogP contribution in [0, 0.1) is 0 Å². The Morgan fingerprint density at radius 3 is 2.65 bits per heavy atom. The molecule has 112 valence electrons. The molecule has 6 heteroatoms. The van der Waals surface area contributed by atoms with Crippen LogP contribution >= 0.6 is 15.9 Å². The standard InChI is InChI=1S/C14H21BrN2O2S/c1-11(12-5-7-13(15)8-6-12)17-20(18,19)10-14-4-2-3-9-16-14/h5-8,11,14,16-17H,2-4,9-10H2,1H3. The van der Waals surface area contributed by atoms with Crippen LogP contribution in [0.15, 0.2) is 28.7 Å². The van der Waals surface area contributed by atoms with Gasteiger partial charge in [-0.3, -0.25) is 0 Å². The van der Waals surface area contributed by atoms with Crippen LogP contribution in [0.3, 0.4) is 0 Å². The highest BCUT2D eigenvalue weighted by Crippen LogP contribution is 2.18. The molecule has 1 aliphatic heterocycles. The second-order valence-corrected chi connectivity index (χ2v) is 8.03. The van der Waals surface area contributed by atoms with E-state index in [0.29, 0.717) is 0 Å². The smallest absolute Gasteiger partial charge is 0.213 e. The van der Waals surface area contributed by atoms with E-state index < -0.39 is 10.0 Å². The van der Waals surface area contributed by atoms with E-state index >= 15 is 0 Å². The van der Waals surface area contributed by atoms with Crippen LogP contribution in [0.4, 0.5) is 0 Å². The maximum Gasteiger partial charge on any atom is 0.213 e. The normalized spacial score (nSPS) is 21.6. The van der Waals surface area contributed by atoms with Gasteiger partial charge in [0.05, 0.1) is 5.75 Å². The van der Waals surface area contributed by atoms with Gasteiger partial charge in [0.15, 0.2) is 0 Å². The number of hydrogen-bond donors (Lipinski definition) is 2. The number of rotatable bonds is 5. The van der Waals surface area contributed by atoms with E-state index in [0.717, 1.165) is 35.8 Å². The van der Waals surface area contributed by atoms with Crippen LogP contribution in [-0.2, 0) is 10.0 Å². The molecule has 1 aromatic rings. The average molecular weight is 361 g/mol. The quantitative estimate of drug-likeness (QED) is 0.848. The zero-order valence-electron chi connectivity index (χ0n) is 11.6. The van der Waals surface area contributed by atoms with Crippen molar-refractivity contribution in [1.82, 2.24) is 10.0 Å². The summed E-state index contributed by atoms with van der Waals surface area (Å²) in [4.78, 5) is 0. The van der Waals surface area contributed by atoms with E-state index in [1.807, 2.05) is 31.2 Å². The zero-order valence-corrected chi connectivity index (χ0v) is 14.0. The highest BCUT2D eigenvalue weighted by molar-refractivity contribution is 9.10. The number of benzene rings is 1. The first-order chi connectivity index (χ1) is 9.46. The summed E-state index contributed by atoms with van der Waals surface area (Å²) in [6, 6.07) is 7.56. The summed E-state index contributed by atoms with van der Waals surface area (Å²) in [5.74, 6) is 0.161. The van der Waals surface area contributed by atoms with Gasteiger partial charge in [0.25, 0.3) is 0 Å². The average Bonchev–Trinajstić information content (AvgIpc) is 2.39. The summed E-state index contributed by atoms with van der Waals surface area (Å²) in [7, 11) is -3.26. The molecule has 0 bridgehead atoms. The van der Waals surface area contributed by atoms with Gasteiger partial charge in [0.2, 0.25) is 10.0 Å². The minimum absolute atomic E-state index is 0.0818. The van der Waals surface area contributed by atoms with Gasteiger partial charge in [-0.05, 0) is 44.0 Å². The Morgan fingerprint density at radius 1 is 1.35 bits per heavy atom. The lowest BCUT2D eigenvalue weighted by atomic mass is 10.1. The predicted octanol–water partition coefficient (Wildman–Crippen LogP) is 2.57. The van der Waals surface area contributed by atoms with Crippen LogP contribution in [-0.4, -0.2) is 26.8 Å². The maximum absolute atomic E-state index is 12.2. The molecule has 0 amide bonds. The number of nitrogens with one attached hydrogen (secondary N) is 2. The monoisotopic (exact) mass is 360 g/mol. The third kappa shape index (κ3) is 4.84. The molecule has 4 nitrogen and oxygen atoms in total. The fraction of sp³-hybridized carbons (Fsp3) is 0.571. The summed E-state index contributed by atoms with van der Waals surface area (Å²) >= 11 is 3.37. The molecule has 1 aromatic carbocycles. The van der Waals surface area contributed by atoms with Gasteiger partial charge in [-0.2, -0.15) is 0 Å².